The Bertz CT molecular complexity index is 584. The first-order chi connectivity index (χ1) is 8.56. The van der Waals surface area contributed by atoms with Crippen LogP contribution in [0.1, 0.15) is 10.4 Å². The van der Waals surface area contributed by atoms with Crippen molar-refractivity contribution >= 4 is 35.0 Å². The third kappa shape index (κ3) is 2.97. The molecule has 0 aromatic heterocycles. The molecule has 5 heteroatoms. The van der Waals surface area contributed by atoms with E-state index in [1.165, 1.54) is 11.8 Å². The van der Waals surface area contributed by atoms with Crippen molar-refractivity contribution in [3.05, 3.63) is 53.1 Å². The monoisotopic (exact) mass is 279 g/mol. The molecule has 0 atom stereocenters. The fourth-order valence-electron chi connectivity index (χ4n) is 1.37. The van der Waals surface area contributed by atoms with Gasteiger partial charge in [0.15, 0.2) is 0 Å². The van der Waals surface area contributed by atoms with Gasteiger partial charge in [-0.25, -0.2) is 4.79 Å². The van der Waals surface area contributed by atoms with Crippen molar-refractivity contribution in [1.82, 2.24) is 0 Å². The summed E-state index contributed by atoms with van der Waals surface area (Å²) in [4.78, 5) is 12.6. The lowest BCUT2D eigenvalue weighted by atomic mass is 10.2. The van der Waals surface area contributed by atoms with Gasteiger partial charge >= 0.3 is 5.97 Å². The number of hydrogen-bond acceptors (Lipinski definition) is 3. The Balaban J connectivity index is 2.18. The van der Waals surface area contributed by atoms with Gasteiger partial charge in [-0.3, -0.25) is 0 Å². The van der Waals surface area contributed by atoms with Crippen LogP contribution in [-0.4, -0.2) is 11.1 Å². The number of carboxylic acid groups (broad SMARTS) is 1. The minimum absolute atomic E-state index is 0.273. The number of anilines is 1. The van der Waals surface area contributed by atoms with Crippen LogP contribution in [0.3, 0.4) is 0 Å². The highest BCUT2D eigenvalue weighted by Crippen LogP contribution is 2.31. The Kier molecular flexibility index (Phi) is 3.79. The predicted octanol–water partition coefficient (Wildman–Crippen LogP) is 3.77. The Morgan fingerprint density at radius 3 is 2.28 bits per heavy atom. The van der Waals surface area contributed by atoms with E-state index in [1.54, 1.807) is 36.4 Å². The van der Waals surface area contributed by atoms with Crippen LogP contribution < -0.4 is 5.73 Å². The van der Waals surface area contributed by atoms with E-state index in [9.17, 15) is 4.79 Å². The molecule has 3 N–H and O–H groups in total. The van der Waals surface area contributed by atoms with Gasteiger partial charge in [0.05, 0.1) is 16.3 Å². The maximum absolute atomic E-state index is 10.7. The minimum atomic E-state index is -0.929. The average Bonchev–Trinajstić information content (AvgIpc) is 2.34. The molecule has 0 radical (unpaired) electrons. The lowest BCUT2D eigenvalue weighted by Gasteiger charge is -2.04. The van der Waals surface area contributed by atoms with Crippen LogP contribution in [-0.2, 0) is 0 Å². The number of aromatic carboxylic acids is 1. The average molecular weight is 280 g/mol. The van der Waals surface area contributed by atoms with Gasteiger partial charge in [-0.15, -0.1) is 0 Å². The number of nitrogens with two attached hydrogens (primary N) is 1. The molecule has 0 saturated carbocycles. The van der Waals surface area contributed by atoms with Crippen molar-refractivity contribution in [2.45, 2.75) is 9.79 Å². The van der Waals surface area contributed by atoms with Crippen LogP contribution in [0, 0.1) is 0 Å². The van der Waals surface area contributed by atoms with Gasteiger partial charge < -0.3 is 10.8 Å². The highest BCUT2D eigenvalue weighted by atomic mass is 35.5. The van der Waals surface area contributed by atoms with Gasteiger partial charge in [0.1, 0.15) is 0 Å². The zero-order chi connectivity index (χ0) is 13.1. The molecular weight excluding hydrogens is 270 g/mol. The summed E-state index contributed by atoms with van der Waals surface area (Å²) in [7, 11) is 0. The molecule has 2 aromatic carbocycles. The zero-order valence-electron chi connectivity index (χ0n) is 9.26. The zero-order valence-corrected chi connectivity index (χ0v) is 10.8. The van der Waals surface area contributed by atoms with Crippen molar-refractivity contribution in [2.75, 3.05) is 5.73 Å². The number of carbonyl (C=O) groups is 1. The highest BCUT2D eigenvalue weighted by Gasteiger charge is 2.04. The third-order valence-electron chi connectivity index (χ3n) is 2.31. The second kappa shape index (κ2) is 5.33. The number of hydrogen-bond donors (Lipinski definition) is 2. The summed E-state index contributed by atoms with van der Waals surface area (Å²) >= 11 is 7.43. The Labute approximate surface area is 114 Å². The first-order valence-corrected chi connectivity index (χ1v) is 6.32. The maximum Gasteiger partial charge on any atom is 0.335 e. The van der Waals surface area contributed by atoms with E-state index in [2.05, 4.69) is 0 Å². The van der Waals surface area contributed by atoms with Gasteiger partial charge in [-0.2, -0.15) is 0 Å². The third-order valence-corrected chi connectivity index (χ3v) is 3.63. The number of carboxylic acids is 1. The van der Waals surface area contributed by atoms with Gasteiger partial charge in [0.2, 0.25) is 0 Å². The van der Waals surface area contributed by atoms with E-state index >= 15 is 0 Å². The molecule has 0 bridgehead atoms. The first-order valence-electron chi connectivity index (χ1n) is 5.12. The normalized spacial score (nSPS) is 10.3. The summed E-state index contributed by atoms with van der Waals surface area (Å²) in [6.07, 6.45) is 0. The van der Waals surface area contributed by atoms with Crippen LogP contribution in [0.2, 0.25) is 5.02 Å². The number of halogens is 1. The molecule has 0 aliphatic heterocycles. The molecule has 0 unspecified atom stereocenters. The fourth-order valence-corrected chi connectivity index (χ4v) is 2.48. The van der Waals surface area contributed by atoms with E-state index in [0.717, 1.165) is 9.79 Å². The lowest BCUT2D eigenvalue weighted by molar-refractivity contribution is 0.0697. The van der Waals surface area contributed by atoms with E-state index in [4.69, 9.17) is 22.4 Å². The second-order valence-corrected chi connectivity index (χ2v) is 5.17. The lowest BCUT2D eigenvalue weighted by Crippen LogP contribution is -1.94. The first kappa shape index (κ1) is 12.8. The quantitative estimate of drug-likeness (QED) is 0.840. The maximum atomic E-state index is 10.7. The molecule has 0 aliphatic rings. The van der Waals surface area contributed by atoms with Crippen LogP contribution in [0.4, 0.5) is 5.69 Å². The summed E-state index contributed by atoms with van der Waals surface area (Å²) in [5.74, 6) is -0.929. The Hall–Kier alpha value is -1.65. The molecule has 2 rings (SSSR count). The molecule has 0 amide bonds. The predicted molar refractivity (Wildman–Crippen MR) is 73.4 cm³/mol. The molecule has 0 saturated heterocycles. The van der Waals surface area contributed by atoms with Crippen LogP contribution in [0.5, 0.6) is 0 Å². The van der Waals surface area contributed by atoms with E-state index < -0.39 is 5.97 Å². The summed E-state index contributed by atoms with van der Waals surface area (Å²) in [6, 6.07) is 12.1. The SMILES string of the molecule is Nc1ccc(Sc2ccc(C(=O)O)cc2)cc1Cl. The molecule has 3 nitrogen and oxygen atoms in total. The van der Waals surface area contributed by atoms with Crippen molar-refractivity contribution in [2.24, 2.45) is 0 Å². The number of nitrogen functional groups attached to an aromatic ring is 1. The molecule has 0 heterocycles. The van der Waals surface area contributed by atoms with E-state index in [-0.39, 0.29) is 5.56 Å². The molecule has 0 aliphatic carbocycles. The highest BCUT2D eigenvalue weighted by molar-refractivity contribution is 7.99. The fraction of sp³-hybridized carbons (Fsp3) is 0. The number of rotatable bonds is 3. The second-order valence-electron chi connectivity index (χ2n) is 3.61. The van der Waals surface area contributed by atoms with Crippen molar-refractivity contribution in [3.8, 4) is 0 Å². The molecule has 0 fully saturated rings. The largest absolute Gasteiger partial charge is 0.478 e. The molecular formula is C13H10ClNO2S. The van der Waals surface area contributed by atoms with Crippen LogP contribution in [0.15, 0.2) is 52.3 Å². The van der Waals surface area contributed by atoms with Crippen LogP contribution in [0.25, 0.3) is 0 Å². The molecule has 2 aromatic rings. The van der Waals surface area contributed by atoms with Crippen molar-refractivity contribution < 1.29 is 9.90 Å². The van der Waals surface area contributed by atoms with Crippen molar-refractivity contribution in [3.63, 3.8) is 0 Å². The topological polar surface area (TPSA) is 63.3 Å². The standard InChI is InChI=1S/C13H10ClNO2S/c14-11-7-10(5-6-12(11)15)18-9-3-1-8(2-4-9)13(16)17/h1-7H,15H2,(H,16,17). The summed E-state index contributed by atoms with van der Waals surface area (Å²) in [5, 5.41) is 9.31. The Morgan fingerprint density at radius 1 is 1.11 bits per heavy atom. The summed E-state index contributed by atoms with van der Waals surface area (Å²) < 4.78 is 0. The van der Waals surface area contributed by atoms with Crippen LogP contribution >= 0.6 is 23.4 Å². The molecule has 18 heavy (non-hydrogen) atoms. The van der Waals surface area contributed by atoms with Gasteiger partial charge in [-0.1, -0.05) is 23.4 Å². The summed E-state index contributed by atoms with van der Waals surface area (Å²) in [6.45, 7) is 0. The van der Waals surface area contributed by atoms with E-state index in [0.29, 0.717) is 10.7 Å². The summed E-state index contributed by atoms with van der Waals surface area (Å²) in [5.41, 5.74) is 6.45. The minimum Gasteiger partial charge on any atom is -0.478 e. The van der Waals surface area contributed by atoms with E-state index in [1.807, 2.05) is 6.07 Å². The molecule has 0 spiro atoms. The van der Waals surface area contributed by atoms with Gasteiger partial charge in [-0.05, 0) is 42.5 Å². The van der Waals surface area contributed by atoms with Gasteiger partial charge in [0.25, 0.3) is 0 Å². The van der Waals surface area contributed by atoms with Gasteiger partial charge in [0, 0.05) is 9.79 Å². The Morgan fingerprint density at radius 2 is 1.72 bits per heavy atom. The number of benzene rings is 2. The smallest absolute Gasteiger partial charge is 0.335 e. The molecule has 92 valence electrons. The van der Waals surface area contributed by atoms with Crippen molar-refractivity contribution in [1.29, 1.82) is 0 Å².